The van der Waals surface area contributed by atoms with Gasteiger partial charge in [0.15, 0.2) is 0 Å². The second kappa shape index (κ2) is 5.84. The van der Waals surface area contributed by atoms with Gasteiger partial charge in [-0.2, -0.15) is 0 Å². The van der Waals surface area contributed by atoms with Crippen LogP contribution >= 0.6 is 11.6 Å². The van der Waals surface area contributed by atoms with E-state index in [1.54, 1.807) is 0 Å². The SMILES string of the molecule is CN1CCc2c(c3cc(Cl)ccc3n2/C=C/c2ccncc2)C1. The van der Waals surface area contributed by atoms with Crippen molar-refractivity contribution in [1.29, 1.82) is 0 Å². The quantitative estimate of drug-likeness (QED) is 0.701. The Morgan fingerprint density at radius 2 is 2.00 bits per heavy atom. The van der Waals surface area contributed by atoms with Crippen molar-refractivity contribution in [2.24, 2.45) is 0 Å². The predicted molar refractivity (Wildman–Crippen MR) is 96.4 cm³/mol. The number of halogens is 1. The number of hydrogen-bond acceptors (Lipinski definition) is 2. The first-order chi connectivity index (χ1) is 11.2. The molecule has 3 nitrogen and oxygen atoms in total. The molecule has 3 aromatic rings. The monoisotopic (exact) mass is 323 g/mol. The Bertz CT molecular complexity index is 881. The van der Waals surface area contributed by atoms with Gasteiger partial charge in [-0.25, -0.2) is 0 Å². The maximum atomic E-state index is 6.23. The first kappa shape index (κ1) is 14.5. The van der Waals surface area contributed by atoms with E-state index in [9.17, 15) is 0 Å². The average Bonchev–Trinajstić information content (AvgIpc) is 2.86. The van der Waals surface area contributed by atoms with Gasteiger partial charge in [0.25, 0.3) is 0 Å². The molecule has 4 heteroatoms. The molecule has 3 heterocycles. The molecule has 0 aliphatic carbocycles. The third-order valence-electron chi connectivity index (χ3n) is 4.46. The summed E-state index contributed by atoms with van der Waals surface area (Å²) in [6.45, 7) is 2.06. The summed E-state index contributed by atoms with van der Waals surface area (Å²) in [5.74, 6) is 0. The van der Waals surface area contributed by atoms with Gasteiger partial charge in [0, 0.05) is 54.2 Å². The number of fused-ring (bicyclic) bond motifs is 3. The van der Waals surface area contributed by atoms with E-state index in [0.717, 1.165) is 30.1 Å². The van der Waals surface area contributed by atoms with Crippen LogP contribution in [0.15, 0.2) is 42.7 Å². The highest BCUT2D eigenvalue weighted by molar-refractivity contribution is 6.31. The molecule has 0 radical (unpaired) electrons. The lowest BCUT2D eigenvalue weighted by molar-refractivity contribution is 0.312. The van der Waals surface area contributed by atoms with E-state index in [1.807, 2.05) is 30.6 Å². The third kappa shape index (κ3) is 2.67. The Kier molecular flexibility index (Phi) is 3.68. The number of nitrogens with zero attached hydrogens (tertiary/aromatic N) is 3. The van der Waals surface area contributed by atoms with Crippen molar-refractivity contribution in [3.8, 4) is 0 Å². The van der Waals surface area contributed by atoms with Crippen molar-refractivity contribution in [1.82, 2.24) is 14.5 Å². The van der Waals surface area contributed by atoms with Gasteiger partial charge in [0.1, 0.15) is 0 Å². The maximum absolute atomic E-state index is 6.23. The molecule has 1 aliphatic heterocycles. The summed E-state index contributed by atoms with van der Waals surface area (Å²) in [6, 6.07) is 10.2. The zero-order valence-electron chi connectivity index (χ0n) is 13.0. The number of pyridine rings is 1. The Balaban J connectivity index is 1.87. The molecule has 0 saturated heterocycles. The van der Waals surface area contributed by atoms with Crippen LogP contribution in [0.25, 0.3) is 23.2 Å². The third-order valence-corrected chi connectivity index (χ3v) is 4.70. The van der Waals surface area contributed by atoms with E-state index >= 15 is 0 Å². The topological polar surface area (TPSA) is 21.1 Å². The van der Waals surface area contributed by atoms with Crippen LogP contribution in [0.3, 0.4) is 0 Å². The second-order valence-electron chi connectivity index (χ2n) is 6.04. The Morgan fingerprint density at radius 1 is 1.17 bits per heavy atom. The number of likely N-dealkylation sites (N-methyl/N-ethyl adjacent to an activating group) is 1. The second-order valence-corrected chi connectivity index (χ2v) is 6.48. The lowest BCUT2D eigenvalue weighted by Crippen LogP contribution is -2.26. The molecule has 4 rings (SSSR count). The van der Waals surface area contributed by atoms with Crippen LogP contribution in [-0.4, -0.2) is 28.0 Å². The first-order valence-electron chi connectivity index (χ1n) is 7.80. The fraction of sp³-hybridized carbons (Fsp3) is 0.211. The highest BCUT2D eigenvalue weighted by Gasteiger charge is 2.21. The minimum Gasteiger partial charge on any atom is -0.320 e. The number of aromatic nitrogens is 2. The summed E-state index contributed by atoms with van der Waals surface area (Å²) in [5.41, 5.74) is 5.17. The van der Waals surface area contributed by atoms with Gasteiger partial charge in [-0.15, -0.1) is 0 Å². The summed E-state index contributed by atoms with van der Waals surface area (Å²) >= 11 is 6.23. The summed E-state index contributed by atoms with van der Waals surface area (Å²) in [5, 5.41) is 2.06. The van der Waals surface area contributed by atoms with Gasteiger partial charge >= 0.3 is 0 Å². The van der Waals surface area contributed by atoms with Gasteiger partial charge in [-0.3, -0.25) is 4.98 Å². The molecule has 116 valence electrons. The predicted octanol–water partition coefficient (Wildman–Crippen LogP) is 4.31. The van der Waals surface area contributed by atoms with Crippen LogP contribution in [-0.2, 0) is 13.0 Å². The van der Waals surface area contributed by atoms with Gasteiger partial charge in [0.2, 0.25) is 0 Å². The maximum Gasteiger partial charge on any atom is 0.0529 e. The fourth-order valence-corrected chi connectivity index (χ4v) is 3.48. The fourth-order valence-electron chi connectivity index (χ4n) is 3.31. The molecule has 2 aromatic heterocycles. The van der Waals surface area contributed by atoms with Crippen LogP contribution in [0, 0.1) is 0 Å². The van der Waals surface area contributed by atoms with Crippen molar-refractivity contribution < 1.29 is 0 Å². The summed E-state index contributed by atoms with van der Waals surface area (Å²) in [7, 11) is 2.17. The summed E-state index contributed by atoms with van der Waals surface area (Å²) < 4.78 is 2.31. The Morgan fingerprint density at radius 3 is 2.83 bits per heavy atom. The van der Waals surface area contributed by atoms with E-state index in [-0.39, 0.29) is 0 Å². The van der Waals surface area contributed by atoms with Crippen molar-refractivity contribution in [2.45, 2.75) is 13.0 Å². The first-order valence-corrected chi connectivity index (χ1v) is 8.18. The molecule has 23 heavy (non-hydrogen) atoms. The highest BCUT2D eigenvalue weighted by atomic mass is 35.5. The largest absolute Gasteiger partial charge is 0.320 e. The lowest BCUT2D eigenvalue weighted by atomic mass is 10.1. The number of hydrogen-bond donors (Lipinski definition) is 0. The van der Waals surface area contributed by atoms with E-state index in [1.165, 1.54) is 22.2 Å². The standard InChI is InChI=1S/C19H18ClN3/c1-22-10-7-19-17(13-22)16-12-15(20)2-3-18(16)23(19)11-6-14-4-8-21-9-5-14/h2-6,8-9,11-12H,7,10,13H2,1H3/b11-6+. The Hall–Kier alpha value is -2.10. The molecule has 0 spiro atoms. The van der Waals surface area contributed by atoms with Gasteiger partial charge in [-0.1, -0.05) is 11.6 Å². The van der Waals surface area contributed by atoms with Crippen molar-refractivity contribution >= 4 is 34.8 Å². The van der Waals surface area contributed by atoms with E-state index in [0.29, 0.717) is 0 Å². The number of benzene rings is 1. The van der Waals surface area contributed by atoms with E-state index in [2.05, 4.69) is 45.9 Å². The number of rotatable bonds is 2. The average molecular weight is 324 g/mol. The van der Waals surface area contributed by atoms with Crippen molar-refractivity contribution in [3.63, 3.8) is 0 Å². The molecule has 0 bridgehead atoms. The summed E-state index contributed by atoms with van der Waals surface area (Å²) in [6.07, 6.45) is 8.98. The smallest absolute Gasteiger partial charge is 0.0529 e. The lowest BCUT2D eigenvalue weighted by Gasteiger charge is -2.23. The minimum absolute atomic E-state index is 0.795. The molecule has 0 atom stereocenters. The minimum atomic E-state index is 0.795. The molecule has 0 fully saturated rings. The highest BCUT2D eigenvalue weighted by Crippen LogP contribution is 2.32. The van der Waals surface area contributed by atoms with Gasteiger partial charge in [0.05, 0.1) is 5.52 Å². The molecule has 1 aromatic carbocycles. The van der Waals surface area contributed by atoms with Gasteiger partial charge < -0.3 is 9.47 Å². The molecule has 0 N–H and O–H groups in total. The van der Waals surface area contributed by atoms with E-state index in [4.69, 9.17) is 11.6 Å². The van der Waals surface area contributed by atoms with Crippen LogP contribution in [0.5, 0.6) is 0 Å². The van der Waals surface area contributed by atoms with Crippen molar-refractivity contribution in [2.75, 3.05) is 13.6 Å². The van der Waals surface area contributed by atoms with Crippen LogP contribution in [0.1, 0.15) is 16.8 Å². The van der Waals surface area contributed by atoms with Crippen LogP contribution < -0.4 is 0 Å². The summed E-state index contributed by atoms with van der Waals surface area (Å²) in [4.78, 5) is 6.43. The van der Waals surface area contributed by atoms with Crippen molar-refractivity contribution in [3.05, 3.63) is 64.6 Å². The molecule has 1 aliphatic rings. The molecular formula is C19H18ClN3. The molecule has 0 unspecified atom stereocenters. The molecule has 0 saturated carbocycles. The van der Waals surface area contributed by atoms with Gasteiger partial charge in [-0.05, 0) is 54.6 Å². The van der Waals surface area contributed by atoms with E-state index < -0.39 is 0 Å². The Labute approximate surface area is 140 Å². The normalized spacial score (nSPS) is 15.4. The van der Waals surface area contributed by atoms with Crippen LogP contribution in [0.4, 0.5) is 0 Å². The van der Waals surface area contributed by atoms with Crippen LogP contribution in [0.2, 0.25) is 5.02 Å². The zero-order valence-corrected chi connectivity index (χ0v) is 13.8. The molecular weight excluding hydrogens is 306 g/mol. The molecule has 0 amide bonds. The zero-order chi connectivity index (χ0) is 15.8.